The molecule has 0 saturated carbocycles. The average Bonchev–Trinajstić information content (AvgIpc) is 3.10. The second-order valence-corrected chi connectivity index (χ2v) is 5.96. The summed E-state index contributed by atoms with van der Waals surface area (Å²) >= 11 is 1.31. The number of hydrogen-bond acceptors (Lipinski definition) is 6. The van der Waals surface area contributed by atoms with Gasteiger partial charge in [-0.3, -0.25) is 10.1 Å². The zero-order valence-corrected chi connectivity index (χ0v) is 14.5. The van der Waals surface area contributed by atoms with Gasteiger partial charge >= 0.3 is 0 Å². The highest BCUT2D eigenvalue weighted by Crippen LogP contribution is 2.28. The monoisotopic (exact) mass is 356 g/mol. The van der Waals surface area contributed by atoms with Crippen molar-refractivity contribution in [1.29, 1.82) is 0 Å². The van der Waals surface area contributed by atoms with E-state index in [1.54, 1.807) is 13.2 Å². The summed E-state index contributed by atoms with van der Waals surface area (Å²) in [6.07, 6.45) is 0. The number of aromatic hydroxyl groups is 1. The van der Waals surface area contributed by atoms with Crippen molar-refractivity contribution in [2.75, 3.05) is 19.5 Å². The molecule has 0 atom stereocenters. The fourth-order valence-corrected chi connectivity index (χ4v) is 2.94. The smallest absolute Gasteiger partial charge is 0.261 e. The van der Waals surface area contributed by atoms with Crippen LogP contribution in [0.15, 0.2) is 47.8 Å². The third-order valence-electron chi connectivity index (χ3n) is 3.56. The Morgan fingerprint density at radius 3 is 2.40 bits per heavy atom. The van der Waals surface area contributed by atoms with Crippen LogP contribution in [0.3, 0.4) is 0 Å². The normalized spacial score (nSPS) is 10.3. The van der Waals surface area contributed by atoms with Gasteiger partial charge in [0.2, 0.25) is 0 Å². The molecule has 2 aromatic carbocycles. The quantitative estimate of drug-likeness (QED) is 0.727. The number of amides is 1. The number of phenols is 1. The highest BCUT2D eigenvalue weighted by molar-refractivity contribution is 7.14. The van der Waals surface area contributed by atoms with Gasteiger partial charge in [0.15, 0.2) is 5.13 Å². The molecule has 0 bridgehead atoms. The summed E-state index contributed by atoms with van der Waals surface area (Å²) in [6.45, 7) is 0. The minimum atomic E-state index is -0.434. The number of carbonyl (C=O) groups excluding carboxylic acids is 1. The van der Waals surface area contributed by atoms with Crippen LogP contribution in [0.5, 0.6) is 17.2 Å². The van der Waals surface area contributed by atoms with Gasteiger partial charge in [-0.25, -0.2) is 4.98 Å². The van der Waals surface area contributed by atoms with Crippen LogP contribution in [0.25, 0.3) is 11.3 Å². The van der Waals surface area contributed by atoms with E-state index < -0.39 is 5.91 Å². The highest BCUT2D eigenvalue weighted by atomic mass is 32.1. The maximum absolute atomic E-state index is 12.3. The zero-order chi connectivity index (χ0) is 17.8. The van der Waals surface area contributed by atoms with Crippen LogP contribution in [0.4, 0.5) is 5.13 Å². The Morgan fingerprint density at radius 1 is 1.08 bits per heavy atom. The van der Waals surface area contributed by atoms with E-state index in [0.29, 0.717) is 10.9 Å². The summed E-state index contributed by atoms with van der Waals surface area (Å²) in [6, 6.07) is 12.0. The van der Waals surface area contributed by atoms with E-state index in [1.165, 1.54) is 30.6 Å². The van der Waals surface area contributed by atoms with Crippen LogP contribution in [-0.4, -0.2) is 30.2 Å². The number of hydrogen-bond donors (Lipinski definition) is 2. The molecule has 1 aromatic heterocycles. The Bertz CT molecular complexity index is 890. The van der Waals surface area contributed by atoms with Gasteiger partial charge in [-0.1, -0.05) is 0 Å². The molecule has 0 unspecified atom stereocenters. The fraction of sp³-hybridized carbons (Fsp3) is 0.111. The Labute approximate surface area is 148 Å². The fourth-order valence-electron chi connectivity index (χ4n) is 2.22. The van der Waals surface area contributed by atoms with Gasteiger partial charge in [0.25, 0.3) is 5.91 Å². The zero-order valence-electron chi connectivity index (χ0n) is 13.6. The molecule has 0 saturated heterocycles. The molecular weight excluding hydrogens is 340 g/mol. The number of nitrogens with zero attached hydrogens (tertiary/aromatic N) is 1. The van der Waals surface area contributed by atoms with Gasteiger partial charge in [0.05, 0.1) is 25.5 Å². The molecule has 0 aliphatic heterocycles. The van der Waals surface area contributed by atoms with Crippen LogP contribution >= 0.6 is 11.3 Å². The van der Waals surface area contributed by atoms with E-state index in [4.69, 9.17) is 9.47 Å². The molecule has 3 aromatic rings. The molecule has 6 nitrogen and oxygen atoms in total. The molecule has 0 spiro atoms. The Balaban J connectivity index is 1.75. The summed E-state index contributed by atoms with van der Waals surface area (Å²) in [5.41, 5.74) is 1.83. The Hall–Kier alpha value is -3.06. The number of thiazole rings is 1. The number of benzene rings is 2. The lowest BCUT2D eigenvalue weighted by molar-refractivity contribution is 0.102. The molecule has 1 heterocycles. The van der Waals surface area contributed by atoms with E-state index in [0.717, 1.165) is 17.0 Å². The predicted molar refractivity (Wildman–Crippen MR) is 96.7 cm³/mol. The summed E-state index contributed by atoms with van der Waals surface area (Å²) in [5, 5.41) is 14.9. The lowest BCUT2D eigenvalue weighted by atomic mass is 10.2. The summed E-state index contributed by atoms with van der Waals surface area (Å²) in [5.74, 6) is 0.659. The van der Waals surface area contributed by atoms with Gasteiger partial charge in [0, 0.05) is 17.0 Å². The number of nitrogens with one attached hydrogen (secondary N) is 1. The van der Waals surface area contributed by atoms with Gasteiger partial charge in [-0.15, -0.1) is 11.3 Å². The number of rotatable bonds is 5. The van der Waals surface area contributed by atoms with Crippen molar-refractivity contribution in [1.82, 2.24) is 4.98 Å². The lowest BCUT2D eigenvalue weighted by Crippen LogP contribution is -2.11. The second kappa shape index (κ2) is 7.23. The first-order valence-electron chi connectivity index (χ1n) is 7.39. The molecule has 128 valence electrons. The number of methoxy groups -OCH3 is 2. The molecule has 3 rings (SSSR count). The van der Waals surface area contributed by atoms with Crippen molar-refractivity contribution in [3.63, 3.8) is 0 Å². The third kappa shape index (κ3) is 3.72. The predicted octanol–water partition coefficient (Wildman–Crippen LogP) is 3.79. The maximum atomic E-state index is 12.3. The maximum Gasteiger partial charge on any atom is 0.261 e. The van der Waals surface area contributed by atoms with Crippen molar-refractivity contribution in [2.24, 2.45) is 0 Å². The molecular formula is C18H16N2O4S. The van der Waals surface area contributed by atoms with Crippen molar-refractivity contribution in [3.05, 3.63) is 53.4 Å². The van der Waals surface area contributed by atoms with Crippen molar-refractivity contribution >= 4 is 22.4 Å². The van der Waals surface area contributed by atoms with Gasteiger partial charge in [0.1, 0.15) is 17.2 Å². The molecule has 7 heteroatoms. The first-order valence-corrected chi connectivity index (χ1v) is 8.27. The molecule has 0 aliphatic carbocycles. The van der Waals surface area contributed by atoms with E-state index in [9.17, 15) is 9.90 Å². The van der Waals surface area contributed by atoms with Crippen molar-refractivity contribution < 1.29 is 19.4 Å². The summed E-state index contributed by atoms with van der Waals surface area (Å²) in [4.78, 5) is 16.7. The van der Waals surface area contributed by atoms with E-state index in [1.807, 2.05) is 29.6 Å². The molecule has 0 fully saturated rings. The van der Waals surface area contributed by atoms with Crippen LogP contribution in [-0.2, 0) is 0 Å². The third-order valence-corrected chi connectivity index (χ3v) is 4.32. The van der Waals surface area contributed by atoms with Crippen LogP contribution < -0.4 is 14.8 Å². The standard InChI is InChI=1S/C18H16N2O4S/c1-23-12-5-3-11(4-6-12)15-10-25-18(19-15)20-17(22)14-8-7-13(24-2)9-16(14)21/h3-10,21H,1-2H3,(H,19,20,22). The molecule has 2 N–H and O–H groups in total. The molecule has 0 radical (unpaired) electrons. The van der Waals surface area contributed by atoms with E-state index in [2.05, 4.69) is 10.3 Å². The Kier molecular flexibility index (Phi) is 4.85. The van der Waals surface area contributed by atoms with E-state index in [-0.39, 0.29) is 11.3 Å². The van der Waals surface area contributed by atoms with Crippen LogP contribution in [0, 0.1) is 0 Å². The topological polar surface area (TPSA) is 80.7 Å². The molecule has 1 amide bonds. The summed E-state index contributed by atoms with van der Waals surface area (Å²) in [7, 11) is 3.10. The number of carbonyl (C=O) groups is 1. The summed E-state index contributed by atoms with van der Waals surface area (Å²) < 4.78 is 10.1. The molecule has 25 heavy (non-hydrogen) atoms. The first-order chi connectivity index (χ1) is 12.1. The Morgan fingerprint density at radius 2 is 1.76 bits per heavy atom. The van der Waals surface area contributed by atoms with Gasteiger partial charge in [-0.2, -0.15) is 0 Å². The average molecular weight is 356 g/mol. The largest absolute Gasteiger partial charge is 0.507 e. The van der Waals surface area contributed by atoms with Gasteiger partial charge in [-0.05, 0) is 36.4 Å². The molecule has 0 aliphatic rings. The van der Waals surface area contributed by atoms with Crippen LogP contribution in [0.2, 0.25) is 0 Å². The lowest BCUT2D eigenvalue weighted by Gasteiger charge is -2.06. The SMILES string of the molecule is COc1ccc(-c2csc(NC(=O)c3ccc(OC)cc3O)n2)cc1. The van der Waals surface area contributed by atoms with Crippen molar-refractivity contribution in [2.45, 2.75) is 0 Å². The van der Waals surface area contributed by atoms with E-state index >= 15 is 0 Å². The van der Waals surface area contributed by atoms with Crippen LogP contribution in [0.1, 0.15) is 10.4 Å². The number of ether oxygens (including phenoxy) is 2. The second-order valence-electron chi connectivity index (χ2n) is 5.10. The number of anilines is 1. The minimum Gasteiger partial charge on any atom is -0.507 e. The van der Waals surface area contributed by atoms with Crippen molar-refractivity contribution in [3.8, 4) is 28.5 Å². The first kappa shape index (κ1) is 16.8. The minimum absolute atomic E-state index is 0.149. The van der Waals surface area contributed by atoms with Gasteiger partial charge < -0.3 is 14.6 Å². The number of phenolic OH excluding ortho intramolecular Hbond substituents is 1. The number of aromatic nitrogens is 1. The highest BCUT2D eigenvalue weighted by Gasteiger charge is 2.14.